The lowest BCUT2D eigenvalue weighted by Crippen LogP contribution is -2.21. The summed E-state index contributed by atoms with van der Waals surface area (Å²) >= 11 is 0. The van der Waals surface area contributed by atoms with Crippen LogP contribution in [0.1, 0.15) is 24.2 Å². The fourth-order valence-electron chi connectivity index (χ4n) is 2.06. The Morgan fingerprint density at radius 3 is 2.57 bits per heavy atom. The van der Waals surface area contributed by atoms with Crippen molar-refractivity contribution >= 4 is 12.4 Å². The first-order chi connectivity index (χ1) is 9.79. The van der Waals surface area contributed by atoms with Gasteiger partial charge in [-0.2, -0.15) is 0 Å². The highest BCUT2D eigenvalue weighted by Crippen LogP contribution is 2.14. The Bertz CT molecular complexity index is 519. The molecule has 0 amide bonds. The summed E-state index contributed by atoms with van der Waals surface area (Å²) in [6.07, 6.45) is -0.480. The van der Waals surface area contributed by atoms with E-state index in [1.807, 2.05) is 61.5 Å². The van der Waals surface area contributed by atoms with E-state index in [1.54, 1.807) is 0 Å². The molecule has 2 rings (SSSR count). The van der Waals surface area contributed by atoms with Crippen LogP contribution in [-0.4, -0.2) is 18.3 Å². The van der Waals surface area contributed by atoms with Gasteiger partial charge >= 0.3 is 0 Å². The monoisotopic (exact) mass is 307 g/mol. The largest absolute Gasteiger partial charge is 0.494 e. The molecule has 21 heavy (non-hydrogen) atoms. The van der Waals surface area contributed by atoms with Crippen LogP contribution in [0.25, 0.3) is 0 Å². The van der Waals surface area contributed by atoms with E-state index in [-0.39, 0.29) is 12.4 Å². The number of ether oxygens (including phenoxy) is 1. The SMILES string of the molecule is CCOc1cccc(CNCC(O)c2ccccc2)c1.Cl. The summed E-state index contributed by atoms with van der Waals surface area (Å²) in [6, 6.07) is 17.7. The number of benzene rings is 2. The average molecular weight is 308 g/mol. The van der Waals surface area contributed by atoms with Crippen molar-refractivity contribution in [3.05, 3.63) is 65.7 Å². The summed E-state index contributed by atoms with van der Waals surface area (Å²) < 4.78 is 5.47. The molecular formula is C17H22ClNO2. The first-order valence-corrected chi connectivity index (χ1v) is 6.95. The minimum Gasteiger partial charge on any atom is -0.494 e. The van der Waals surface area contributed by atoms with Crippen molar-refractivity contribution in [3.63, 3.8) is 0 Å². The van der Waals surface area contributed by atoms with Gasteiger partial charge < -0.3 is 15.2 Å². The maximum absolute atomic E-state index is 10.1. The lowest BCUT2D eigenvalue weighted by atomic mass is 10.1. The van der Waals surface area contributed by atoms with Gasteiger partial charge in [0.25, 0.3) is 0 Å². The van der Waals surface area contributed by atoms with Gasteiger partial charge in [-0.05, 0) is 30.2 Å². The van der Waals surface area contributed by atoms with Crippen molar-refractivity contribution in [2.75, 3.05) is 13.2 Å². The minimum absolute atomic E-state index is 0. The number of aliphatic hydroxyl groups excluding tert-OH is 1. The molecule has 3 nitrogen and oxygen atoms in total. The number of halogens is 1. The Morgan fingerprint density at radius 2 is 1.86 bits per heavy atom. The molecule has 0 aliphatic heterocycles. The Kier molecular flexibility index (Phi) is 7.83. The van der Waals surface area contributed by atoms with E-state index in [0.717, 1.165) is 16.9 Å². The molecule has 0 saturated heterocycles. The highest BCUT2D eigenvalue weighted by molar-refractivity contribution is 5.85. The van der Waals surface area contributed by atoms with Crippen molar-refractivity contribution in [1.29, 1.82) is 0 Å². The fourth-order valence-corrected chi connectivity index (χ4v) is 2.06. The summed E-state index contributed by atoms with van der Waals surface area (Å²) in [6.45, 7) is 3.89. The van der Waals surface area contributed by atoms with Crippen molar-refractivity contribution < 1.29 is 9.84 Å². The van der Waals surface area contributed by atoms with Crippen molar-refractivity contribution in [1.82, 2.24) is 5.32 Å². The molecular weight excluding hydrogens is 286 g/mol. The summed E-state index contributed by atoms with van der Waals surface area (Å²) in [5, 5.41) is 13.3. The van der Waals surface area contributed by atoms with Gasteiger partial charge in [-0.3, -0.25) is 0 Å². The molecule has 0 saturated carbocycles. The van der Waals surface area contributed by atoms with E-state index in [9.17, 15) is 5.11 Å². The van der Waals surface area contributed by atoms with Crippen LogP contribution in [-0.2, 0) is 6.54 Å². The Morgan fingerprint density at radius 1 is 1.10 bits per heavy atom. The Balaban J connectivity index is 0.00000220. The topological polar surface area (TPSA) is 41.5 Å². The molecule has 2 N–H and O–H groups in total. The third kappa shape index (κ3) is 5.76. The van der Waals surface area contributed by atoms with Crippen LogP contribution < -0.4 is 10.1 Å². The van der Waals surface area contributed by atoms with Gasteiger partial charge in [0.2, 0.25) is 0 Å². The molecule has 0 aromatic heterocycles. The maximum Gasteiger partial charge on any atom is 0.119 e. The Labute approximate surface area is 132 Å². The molecule has 1 atom stereocenters. The second-order valence-electron chi connectivity index (χ2n) is 4.64. The summed E-state index contributed by atoms with van der Waals surface area (Å²) in [4.78, 5) is 0. The zero-order chi connectivity index (χ0) is 14.2. The molecule has 1 unspecified atom stereocenters. The van der Waals surface area contributed by atoms with E-state index in [1.165, 1.54) is 0 Å². The predicted octanol–water partition coefficient (Wildman–Crippen LogP) is 3.33. The number of aliphatic hydroxyl groups is 1. The Hall–Kier alpha value is -1.55. The normalized spacial score (nSPS) is 11.5. The van der Waals surface area contributed by atoms with Gasteiger partial charge in [0, 0.05) is 13.1 Å². The van der Waals surface area contributed by atoms with Crippen molar-refractivity contribution in [2.24, 2.45) is 0 Å². The van der Waals surface area contributed by atoms with Gasteiger partial charge in [-0.1, -0.05) is 42.5 Å². The van der Waals surface area contributed by atoms with Gasteiger partial charge in [0.1, 0.15) is 5.75 Å². The molecule has 0 heterocycles. The molecule has 114 valence electrons. The summed E-state index contributed by atoms with van der Waals surface area (Å²) in [5.41, 5.74) is 2.08. The molecule has 0 radical (unpaired) electrons. The highest BCUT2D eigenvalue weighted by atomic mass is 35.5. The van der Waals surface area contributed by atoms with Gasteiger partial charge in [-0.25, -0.2) is 0 Å². The minimum atomic E-state index is -0.480. The summed E-state index contributed by atoms with van der Waals surface area (Å²) in [5.74, 6) is 0.885. The first-order valence-electron chi connectivity index (χ1n) is 6.95. The standard InChI is InChI=1S/C17H21NO2.ClH/c1-2-20-16-10-6-7-14(11-16)12-18-13-17(19)15-8-4-3-5-9-15;/h3-11,17-19H,2,12-13H2,1H3;1H. The maximum atomic E-state index is 10.1. The van der Waals surface area contributed by atoms with Crippen LogP contribution >= 0.6 is 12.4 Å². The van der Waals surface area contributed by atoms with Crippen LogP contribution in [0.2, 0.25) is 0 Å². The van der Waals surface area contributed by atoms with Gasteiger partial charge in [0.05, 0.1) is 12.7 Å². The van der Waals surface area contributed by atoms with Gasteiger partial charge in [-0.15, -0.1) is 12.4 Å². The zero-order valence-electron chi connectivity index (χ0n) is 12.2. The van der Waals surface area contributed by atoms with E-state index in [4.69, 9.17) is 4.74 Å². The van der Waals surface area contributed by atoms with Crippen LogP contribution in [0.15, 0.2) is 54.6 Å². The van der Waals surface area contributed by atoms with E-state index in [2.05, 4.69) is 5.32 Å². The number of hydrogen-bond donors (Lipinski definition) is 2. The van der Waals surface area contributed by atoms with E-state index < -0.39 is 6.10 Å². The second-order valence-corrected chi connectivity index (χ2v) is 4.64. The molecule has 4 heteroatoms. The number of nitrogens with one attached hydrogen (secondary N) is 1. The average Bonchev–Trinajstić information content (AvgIpc) is 2.49. The zero-order valence-corrected chi connectivity index (χ0v) is 13.0. The van der Waals surface area contributed by atoms with Crippen molar-refractivity contribution in [2.45, 2.75) is 19.6 Å². The first kappa shape index (κ1) is 17.5. The van der Waals surface area contributed by atoms with Crippen LogP contribution in [0, 0.1) is 0 Å². The number of rotatable bonds is 7. The van der Waals surface area contributed by atoms with Crippen LogP contribution in [0.3, 0.4) is 0 Å². The lowest BCUT2D eigenvalue weighted by Gasteiger charge is -2.12. The summed E-state index contributed by atoms with van der Waals surface area (Å²) in [7, 11) is 0. The van der Waals surface area contributed by atoms with Crippen LogP contribution in [0.5, 0.6) is 5.75 Å². The number of hydrogen-bond acceptors (Lipinski definition) is 3. The van der Waals surface area contributed by atoms with E-state index in [0.29, 0.717) is 19.7 Å². The van der Waals surface area contributed by atoms with Crippen LogP contribution in [0.4, 0.5) is 0 Å². The smallest absolute Gasteiger partial charge is 0.119 e. The highest BCUT2D eigenvalue weighted by Gasteiger charge is 2.05. The molecule has 2 aromatic rings. The third-order valence-corrected chi connectivity index (χ3v) is 3.06. The molecule has 2 aromatic carbocycles. The molecule has 0 bridgehead atoms. The third-order valence-electron chi connectivity index (χ3n) is 3.06. The molecule has 0 fully saturated rings. The quantitative estimate of drug-likeness (QED) is 0.824. The lowest BCUT2D eigenvalue weighted by molar-refractivity contribution is 0.174. The molecule has 0 spiro atoms. The molecule has 0 aliphatic carbocycles. The molecule has 0 aliphatic rings. The van der Waals surface area contributed by atoms with Crippen molar-refractivity contribution in [3.8, 4) is 5.75 Å². The van der Waals surface area contributed by atoms with Gasteiger partial charge in [0.15, 0.2) is 0 Å². The fraction of sp³-hybridized carbons (Fsp3) is 0.294. The predicted molar refractivity (Wildman–Crippen MR) is 88.0 cm³/mol. The van der Waals surface area contributed by atoms with E-state index >= 15 is 0 Å². The second kappa shape index (κ2) is 9.40.